The Balaban J connectivity index is 1.94. The average Bonchev–Trinajstić information content (AvgIpc) is 2.91. The molecule has 21 heavy (non-hydrogen) atoms. The van der Waals surface area contributed by atoms with Crippen LogP contribution in [0.1, 0.15) is 49.1 Å². The van der Waals surface area contributed by atoms with E-state index in [0.29, 0.717) is 18.6 Å². The van der Waals surface area contributed by atoms with E-state index in [0.717, 1.165) is 17.3 Å². The number of nitrogens with zero attached hydrogens (tertiary/aromatic N) is 1. The smallest absolute Gasteiger partial charge is 0.140 e. The lowest BCUT2D eigenvalue weighted by Gasteiger charge is -2.12. The SMILES string of the molecule is CC(C)NCc1cnc(COc2ccccc2C(C)C)s1. The summed E-state index contributed by atoms with van der Waals surface area (Å²) in [5.41, 5.74) is 1.25. The second-order valence-electron chi connectivity index (χ2n) is 5.74. The van der Waals surface area contributed by atoms with Crippen LogP contribution in [0.4, 0.5) is 0 Å². The largest absolute Gasteiger partial charge is 0.486 e. The van der Waals surface area contributed by atoms with Gasteiger partial charge in [-0.05, 0) is 17.5 Å². The van der Waals surface area contributed by atoms with Crippen LogP contribution < -0.4 is 10.1 Å². The number of hydrogen-bond acceptors (Lipinski definition) is 4. The first-order chi connectivity index (χ1) is 10.1. The Labute approximate surface area is 131 Å². The predicted octanol–water partition coefficient (Wildman–Crippen LogP) is 4.34. The van der Waals surface area contributed by atoms with Crippen molar-refractivity contribution < 1.29 is 4.74 Å². The van der Waals surface area contributed by atoms with Gasteiger partial charge in [-0.1, -0.05) is 45.9 Å². The monoisotopic (exact) mass is 304 g/mol. The molecule has 0 saturated heterocycles. The Hall–Kier alpha value is -1.39. The quantitative estimate of drug-likeness (QED) is 0.826. The summed E-state index contributed by atoms with van der Waals surface area (Å²) < 4.78 is 5.95. The Morgan fingerprint density at radius 1 is 1.19 bits per heavy atom. The van der Waals surface area contributed by atoms with Crippen LogP contribution in [0.25, 0.3) is 0 Å². The molecule has 114 valence electrons. The van der Waals surface area contributed by atoms with Gasteiger partial charge < -0.3 is 10.1 Å². The van der Waals surface area contributed by atoms with E-state index in [-0.39, 0.29) is 0 Å². The van der Waals surface area contributed by atoms with Crippen LogP contribution in [0.5, 0.6) is 5.75 Å². The van der Waals surface area contributed by atoms with Gasteiger partial charge in [-0.2, -0.15) is 0 Å². The highest BCUT2D eigenvalue weighted by atomic mass is 32.1. The van der Waals surface area contributed by atoms with Gasteiger partial charge in [-0.25, -0.2) is 4.98 Å². The summed E-state index contributed by atoms with van der Waals surface area (Å²) in [6.07, 6.45) is 1.94. The van der Waals surface area contributed by atoms with Crippen LogP contribution in [0, 0.1) is 0 Å². The highest BCUT2D eigenvalue weighted by Gasteiger charge is 2.08. The number of ether oxygens (including phenoxy) is 1. The average molecular weight is 304 g/mol. The zero-order chi connectivity index (χ0) is 15.2. The number of aromatic nitrogens is 1. The number of hydrogen-bond donors (Lipinski definition) is 1. The highest BCUT2D eigenvalue weighted by molar-refractivity contribution is 7.11. The molecule has 0 amide bonds. The summed E-state index contributed by atoms with van der Waals surface area (Å²) in [6, 6.07) is 8.72. The summed E-state index contributed by atoms with van der Waals surface area (Å²) in [4.78, 5) is 5.69. The van der Waals surface area contributed by atoms with Gasteiger partial charge in [-0.15, -0.1) is 11.3 Å². The van der Waals surface area contributed by atoms with Crippen molar-refractivity contribution in [2.24, 2.45) is 0 Å². The molecule has 2 aromatic rings. The lowest BCUT2D eigenvalue weighted by molar-refractivity contribution is 0.301. The molecule has 0 unspecified atom stereocenters. The molecular formula is C17H24N2OS. The molecule has 0 bridgehead atoms. The van der Waals surface area contributed by atoms with Gasteiger partial charge in [0, 0.05) is 23.7 Å². The van der Waals surface area contributed by atoms with Gasteiger partial charge in [0.05, 0.1) is 0 Å². The van der Waals surface area contributed by atoms with Crippen molar-refractivity contribution in [3.63, 3.8) is 0 Å². The summed E-state index contributed by atoms with van der Waals surface area (Å²) in [5, 5.41) is 4.42. The van der Waals surface area contributed by atoms with Gasteiger partial charge >= 0.3 is 0 Å². The van der Waals surface area contributed by atoms with Crippen LogP contribution in [0.15, 0.2) is 30.5 Å². The fourth-order valence-corrected chi connectivity index (χ4v) is 2.82. The van der Waals surface area contributed by atoms with E-state index in [9.17, 15) is 0 Å². The first kappa shape index (κ1) is 16.0. The van der Waals surface area contributed by atoms with Crippen molar-refractivity contribution >= 4 is 11.3 Å². The van der Waals surface area contributed by atoms with Gasteiger partial charge in [0.25, 0.3) is 0 Å². The molecule has 4 heteroatoms. The van der Waals surface area contributed by atoms with E-state index in [2.05, 4.69) is 50.1 Å². The second kappa shape index (κ2) is 7.57. The Morgan fingerprint density at radius 3 is 2.67 bits per heavy atom. The minimum atomic E-state index is 0.461. The maximum absolute atomic E-state index is 5.95. The van der Waals surface area contributed by atoms with Gasteiger partial charge in [0.15, 0.2) is 0 Å². The topological polar surface area (TPSA) is 34.2 Å². The molecule has 0 fully saturated rings. The van der Waals surface area contributed by atoms with Crippen molar-refractivity contribution in [1.82, 2.24) is 10.3 Å². The fourth-order valence-electron chi connectivity index (χ4n) is 2.03. The molecule has 0 aliphatic heterocycles. The van der Waals surface area contributed by atoms with E-state index in [1.54, 1.807) is 11.3 Å². The third-order valence-electron chi connectivity index (χ3n) is 3.18. The second-order valence-corrected chi connectivity index (χ2v) is 6.94. The van der Waals surface area contributed by atoms with Crippen LogP contribution >= 0.6 is 11.3 Å². The van der Waals surface area contributed by atoms with Gasteiger partial charge in [0.1, 0.15) is 17.4 Å². The number of thiazole rings is 1. The predicted molar refractivity (Wildman–Crippen MR) is 89.0 cm³/mol. The molecular weight excluding hydrogens is 280 g/mol. The molecule has 1 aromatic carbocycles. The van der Waals surface area contributed by atoms with Gasteiger partial charge in [0.2, 0.25) is 0 Å². The number of nitrogens with one attached hydrogen (secondary N) is 1. The van der Waals surface area contributed by atoms with Gasteiger partial charge in [-0.3, -0.25) is 0 Å². The molecule has 0 saturated carbocycles. The van der Waals surface area contributed by atoms with Crippen LogP contribution in [-0.4, -0.2) is 11.0 Å². The summed E-state index contributed by atoms with van der Waals surface area (Å²) in [7, 11) is 0. The first-order valence-electron chi connectivity index (χ1n) is 7.45. The minimum Gasteiger partial charge on any atom is -0.486 e. The third kappa shape index (κ3) is 4.83. The molecule has 1 aromatic heterocycles. The van der Waals surface area contributed by atoms with Crippen LogP contribution in [-0.2, 0) is 13.2 Å². The molecule has 0 atom stereocenters. The van der Waals surface area contributed by atoms with E-state index in [1.807, 2.05) is 18.3 Å². The lowest BCUT2D eigenvalue weighted by Crippen LogP contribution is -2.21. The molecule has 2 rings (SSSR count). The summed E-state index contributed by atoms with van der Waals surface area (Å²) in [6.45, 7) is 10.1. The Kier molecular flexibility index (Phi) is 5.76. The zero-order valence-electron chi connectivity index (χ0n) is 13.2. The van der Waals surface area contributed by atoms with E-state index in [1.165, 1.54) is 10.4 Å². The summed E-state index contributed by atoms with van der Waals surface area (Å²) >= 11 is 1.71. The third-order valence-corrected chi connectivity index (χ3v) is 4.15. The van der Waals surface area contributed by atoms with Crippen LogP contribution in [0.2, 0.25) is 0 Å². The molecule has 0 spiro atoms. The molecule has 3 nitrogen and oxygen atoms in total. The Morgan fingerprint density at radius 2 is 1.95 bits per heavy atom. The first-order valence-corrected chi connectivity index (χ1v) is 8.26. The normalized spacial score (nSPS) is 11.3. The van der Waals surface area contributed by atoms with Crippen LogP contribution in [0.3, 0.4) is 0 Å². The number of benzene rings is 1. The van der Waals surface area contributed by atoms with Crippen molar-refractivity contribution in [3.8, 4) is 5.75 Å². The Bertz CT molecular complexity index is 563. The van der Waals surface area contributed by atoms with Crippen molar-refractivity contribution in [3.05, 3.63) is 45.9 Å². The lowest BCUT2D eigenvalue weighted by atomic mass is 10.0. The fraction of sp³-hybridized carbons (Fsp3) is 0.471. The molecule has 0 radical (unpaired) electrons. The van der Waals surface area contributed by atoms with E-state index < -0.39 is 0 Å². The standard InChI is InChI=1S/C17H24N2OS/c1-12(2)15-7-5-6-8-16(15)20-11-17-19-10-14(21-17)9-18-13(3)4/h5-8,10,12-13,18H,9,11H2,1-4H3. The summed E-state index contributed by atoms with van der Waals surface area (Å²) in [5.74, 6) is 1.42. The number of para-hydroxylation sites is 1. The van der Waals surface area contributed by atoms with E-state index in [4.69, 9.17) is 4.74 Å². The molecule has 1 N–H and O–H groups in total. The number of rotatable bonds is 7. The molecule has 1 heterocycles. The highest BCUT2D eigenvalue weighted by Crippen LogP contribution is 2.27. The van der Waals surface area contributed by atoms with Crippen molar-refractivity contribution in [1.29, 1.82) is 0 Å². The maximum atomic E-state index is 5.95. The molecule has 0 aliphatic rings. The van der Waals surface area contributed by atoms with E-state index >= 15 is 0 Å². The minimum absolute atomic E-state index is 0.461. The zero-order valence-corrected chi connectivity index (χ0v) is 14.0. The van der Waals surface area contributed by atoms with Crippen molar-refractivity contribution in [2.45, 2.75) is 52.8 Å². The molecule has 0 aliphatic carbocycles. The van der Waals surface area contributed by atoms with Crippen molar-refractivity contribution in [2.75, 3.05) is 0 Å². The maximum Gasteiger partial charge on any atom is 0.140 e.